The molecule has 1 aromatic carbocycles. The Balaban J connectivity index is 2.01. The van der Waals surface area contributed by atoms with Crippen LogP contribution in [0.15, 0.2) is 36.4 Å². The van der Waals surface area contributed by atoms with Crippen molar-refractivity contribution in [1.82, 2.24) is 0 Å². The lowest BCUT2D eigenvalue weighted by Gasteiger charge is -2.40. The largest absolute Gasteiger partial charge is 0.294 e. The molecule has 0 bridgehead atoms. The zero-order valence-corrected chi connectivity index (χ0v) is 10.2. The fourth-order valence-corrected chi connectivity index (χ4v) is 3.47. The van der Waals surface area contributed by atoms with Gasteiger partial charge in [-0.3, -0.25) is 4.79 Å². The third kappa shape index (κ3) is 1.65. The number of hydrogen-bond donors (Lipinski definition) is 0. The average Bonchev–Trinajstić information content (AvgIpc) is 2.35. The van der Waals surface area contributed by atoms with Gasteiger partial charge in [-0.1, -0.05) is 36.4 Å². The summed E-state index contributed by atoms with van der Waals surface area (Å²) in [6, 6.07) is 8.10. The molecule has 1 nitrogen and oxygen atoms in total. The van der Waals surface area contributed by atoms with Crippen molar-refractivity contribution in [3.05, 3.63) is 47.5 Å². The maximum absolute atomic E-state index is 12.7. The number of hydrogen-bond acceptors (Lipinski definition) is 1. The molecule has 3 rings (SSSR count). The summed E-state index contributed by atoms with van der Waals surface area (Å²) in [7, 11) is 0. The maximum Gasteiger partial charge on any atom is 0.169 e. The number of fused-ring (bicyclic) bond motifs is 1. The topological polar surface area (TPSA) is 17.1 Å². The van der Waals surface area contributed by atoms with Crippen molar-refractivity contribution in [3.63, 3.8) is 0 Å². The molecule has 0 N–H and O–H groups in total. The molecule has 0 aromatic heterocycles. The first kappa shape index (κ1) is 10.8. The first-order chi connectivity index (χ1) is 8.21. The molecular weight excluding hydrogens is 208 g/mol. The van der Waals surface area contributed by atoms with Crippen molar-refractivity contribution >= 4 is 5.78 Å². The van der Waals surface area contributed by atoms with Crippen molar-refractivity contribution in [2.24, 2.45) is 5.41 Å². The fourth-order valence-electron chi connectivity index (χ4n) is 3.47. The van der Waals surface area contributed by atoms with Gasteiger partial charge in [0.15, 0.2) is 5.78 Å². The number of carbonyl (C=O) groups excluding carboxylic acids is 1. The van der Waals surface area contributed by atoms with E-state index in [4.69, 9.17) is 0 Å². The van der Waals surface area contributed by atoms with E-state index < -0.39 is 0 Å². The molecule has 17 heavy (non-hydrogen) atoms. The number of benzene rings is 1. The summed E-state index contributed by atoms with van der Waals surface area (Å²) in [5, 5.41) is 0. The highest BCUT2D eigenvalue weighted by Gasteiger charge is 2.43. The summed E-state index contributed by atoms with van der Waals surface area (Å²) in [6.45, 7) is 4.10. The lowest BCUT2D eigenvalue weighted by atomic mass is 9.62. The van der Waals surface area contributed by atoms with E-state index in [1.165, 1.54) is 11.1 Å². The molecule has 0 radical (unpaired) electrons. The molecule has 1 spiro atoms. The molecule has 0 heterocycles. The van der Waals surface area contributed by atoms with E-state index in [9.17, 15) is 4.79 Å². The van der Waals surface area contributed by atoms with Crippen LogP contribution in [-0.4, -0.2) is 5.78 Å². The van der Waals surface area contributed by atoms with Gasteiger partial charge in [-0.05, 0) is 44.1 Å². The Kier molecular flexibility index (Phi) is 2.43. The Morgan fingerprint density at radius 1 is 1.12 bits per heavy atom. The Morgan fingerprint density at radius 3 is 2.76 bits per heavy atom. The summed E-state index contributed by atoms with van der Waals surface area (Å²) < 4.78 is 0. The molecule has 2 aliphatic rings. The average molecular weight is 226 g/mol. The second-order valence-corrected chi connectivity index (χ2v) is 5.55. The molecule has 0 saturated heterocycles. The Bertz CT molecular complexity index is 486. The number of aryl methyl sites for hydroxylation is 1. The van der Waals surface area contributed by atoms with Gasteiger partial charge < -0.3 is 0 Å². The van der Waals surface area contributed by atoms with E-state index in [2.05, 4.69) is 12.6 Å². The quantitative estimate of drug-likeness (QED) is 0.612. The lowest BCUT2D eigenvalue weighted by molar-refractivity contribution is 0.0709. The van der Waals surface area contributed by atoms with Gasteiger partial charge in [0.2, 0.25) is 0 Å². The van der Waals surface area contributed by atoms with Crippen molar-refractivity contribution in [1.29, 1.82) is 0 Å². The monoisotopic (exact) mass is 226 g/mol. The zero-order chi connectivity index (χ0) is 11.9. The number of allylic oxidation sites excluding steroid dienone is 1. The SMILES string of the molecule is C=C1CCCC2(CCc3ccccc3C2=O)C1. The van der Waals surface area contributed by atoms with Gasteiger partial charge in [0.25, 0.3) is 0 Å². The highest BCUT2D eigenvalue weighted by Crippen LogP contribution is 2.47. The van der Waals surface area contributed by atoms with Crippen LogP contribution >= 0.6 is 0 Å². The molecule has 1 unspecified atom stereocenters. The summed E-state index contributed by atoms with van der Waals surface area (Å²) in [6.07, 6.45) is 6.28. The molecule has 88 valence electrons. The smallest absolute Gasteiger partial charge is 0.169 e. The number of carbonyl (C=O) groups is 1. The molecule has 1 atom stereocenters. The van der Waals surface area contributed by atoms with E-state index in [1.807, 2.05) is 18.2 Å². The molecular formula is C16H18O. The van der Waals surface area contributed by atoms with Gasteiger partial charge in [0.05, 0.1) is 0 Å². The standard InChI is InChI=1S/C16H18O/c1-12-5-4-9-16(11-12)10-8-13-6-2-3-7-14(13)15(16)17/h2-3,6-7H,1,4-5,8-11H2. The van der Waals surface area contributed by atoms with Crippen LogP contribution in [0.1, 0.15) is 48.0 Å². The summed E-state index contributed by atoms with van der Waals surface area (Å²) in [5.41, 5.74) is 3.36. The summed E-state index contributed by atoms with van der Waals surface area (Å²) in [4.78, 5) is 12.7. The highest BCUT2D eigenvalue weighted by molar-refractivity contribution is 6.03. The minimum atomic E-state index is -0.107. The van der Waals surface area contributed by atoms with Crippen molar-refractivity contribution in [2.75, 3.05) is 0 Å². The van der Waals surface area contributed by atoms with Crippen molar-refractivity contribution < 1.29 is 4.79 Å². The minimum absolute atomic E-state index is 0.107. The van der Waals surface area contributed by atoms with Crippen molar-refractivity contribution in [2.45, 2.75) is 38.5 Å². The number of rotatable bonds is 0. The predicted octanol–water partition coefficient (Wildman–Crippen LogP) is 3.93. The van der Waals surface area contributed by atoms with Gasteiger partial charge >= 0.3 is 0 Å². The van der Waals surface area contributed by atoms with Crippen LogP contribution in [0.4, 0.5) is 0 Å². The molecule has 1 saturated carbocycles. The highest BCUT2D eigenvalue weighted by atomic mass is 16.1. The van der Waals surface area contributed by atoms with Gasteiger partial charge in [0, 0.05) is 11.0 Å². The van der Waals surface area contributed by atoms with Crippen LogP contribution in [0.5, 0.6) is 0 Å². The molecule has 1 aromatic rings. The van der Waals surface area contributed by atoms with Crippen LogP contribution in [0.25, 0.3) is 0 Å². The van der Waals surface area contributed by atoms with E-state index >= 15 is 0 Å². The van der Waals surface area contributed by atoms with Crippen LogP contribution < -0.4 is 0 Å². The van der Waals surface area contributed by atoms with Gasteiger partial charge in [-0.15, -0.1) is 0 Å². The zero-order valence-electron chi connectivity index (χ0n) is 10.2. The third-order valence-corrected chi connectivity index (χ3v) is 4.39. The fraction of sp³-hybridized carbons (Fsp3) is 0.438. The van der Waals surface area contributed by atoms with E-state index in [0.29, 0.717) is 5.78 Å². The molecule has 0 aliphatic heterocycles. The van der Waals surface area contributed by atoms with Gasteiger partial charge in [-0.2, -0.15) is 0 Å². The maximum atomic E-state index is 12.7. The van der Waals surface area contributed by atoms with Gasteiger partial charge in [-0.25, -0.2) is 0 Å². The summed E-state index contributed by atoms with van der Waals surface area (Å²) >= 11 is 0. The summed E-state index contributed by atoms with van der Waals surface area (Å²) in [5.74, 6) is 0.375. The number of ketones is 1. The van der Waals surface area contributed by atoms with E-state index in [-0.39, 0.29) is 5.41 Å². The van der Waals surface area contributed by atoms with Crippen LogP contribution in [-0.2, 0) is 6.42 Å². The van der Waals surface area contributed by atoms with Gasteiger partial charge in [0.1, 0.15) is 0 Å². The van der Waals surface area contributed by atoms with Crippen LogP contribution in [0.3, 0.4) is 0 Å². The second-order valence-electron chi connectivity index (χ2n) is 5.55. The normalized spacial score (nSPS) is 28.2. The lowest BCUT2D eigenvalue weighted by Crippen LogP contribution is -2.38. The molecule has 1 fully saturated rings. The van der Waals surface area contributed by atoms with E-state index in [1.54, 1.807) is 0 Å². The van der Waals surface area contributed by atoms with Crippen LogP contribution in [0, 0.1) is 5.41 Å². The Morgan fingerprint density at radius 2 is 1.94 bits per heavy atom. The first-order valence-corrected chi connectivity index (χ1v) is 6.51. The number of Topliss-reactive ketones (excluding diaryl/α,β-unsaturated/α-hetero) is 1. The molecule has 1 heteroatoms. The Hall–Kier alpha value is -1.37. The molecule has 2 aliphatic carbocycles. The predicted molar refractivity (Wildman–Crippen MR) is 69.1 cm³/mol. The Labute approximate surface area is 103 Å². The first-order valence-electron chi connectivity index (χ1n) is 6.51. The molecule has 0 amide bonds. The minimum Gasteiger partial charge on any atom is -0.294 e. The second kappa shape index (κ2) is 3.83. The van der Waals surface area contributed by atoms with Crippen LogP contribution in [0.2, 0.25) is 0 Å². The van der Waals surface area contributed by atoms with Crippen molar-refractivity contribution in [3.8, 4) is 0 Å². The third-order valence-electron chi connectivity index (χ3n) is 4.39. The van der Waals surface area contributed by atoms with E-state index in [0.717, 1.165) is 44.1 Å².